The predicted octanol–water partition coefficient (Wildman–Crippen LogP) is 3.19. The fourth-order valence-electron chi connectivity index (χ4n) is 3.41. The van der Waals surface area contributed by atoms with E-state index in [1.54, 1.807) is 0 Å². The van der Waals surface area contributed by atoms with Crippen LogP contribution in [0.15, 0.2) is 22.7 Å². The van der Waals surface area contributed by atoms with Gasteiger partial charge in [-0.15, -0.1) is 0 Å². The molecule has 0 atom stereocenters. The van der Waals surface area contributed by atoms with Gasteiger partial charge < -0.3 is 9.80 Å². The monoisotopic (exact) mass is 351 g/mol. The number of anilines is 1. The summed E-state index contributed by atoms with van der Waals surface area (Å²) >= 11 is 3.61. The third-order valence-electron chi connectivity index (χ3n) is 4.77. The SMILES string of the molecule is CN(C)Cc1cc(Br)ccc1N1CCN(C2CCC2)CC1. The number of rotatable bonds is 4. The molecule has 0 N–H and O–H groups in total. The number of benzene rings is 1. The average Bonchev–Trinajstić information content (AvgIpc) is 2.37. The Morgan fingerprint density at radius 1 is 1.14 bits per heavy atom. The second kappa shape index (κ2) is 6.67. The lowest BCUT2D eigenvalue weighted by molar-refractivity contribution is 0.120. The first-order valence-electron chi connectivity index (χ1n) is 8.05. The Morgan fingerprint density at radius 2 is 1.86 bits per heavy atom. The first kappa shape index (κ1) is 15.3. The van der Waals surface area contributed by atoms with Gasteiger partial charge in [-0.25, -0.2) is 0 Å². The Labute approximate surface area is 137 Å². The van der Waals surface area contributed by atoms with Crippen LogP contribution in [0.4, 0.5) is 5.69 Å². The molecule has 2 aliphatic rings. The van der Waals surface area contributed by atoms with Crippen LogP contribution in [0.1, 0.15) is 24.8 Å². The zero-order valence-electron chi connectivity index (χ0n) is 13.2. The third kappa shape index (κ3) is 3.61. The largest absolute Gasteiger partial charge is 0.369 e. The fourth-order valence-corrected chi connectivity index (χ4v) is 3.82. The van der Waals surface area contributed by atoms with Crippen molar-refractivity contribution in [2.45, 2.75) is 31.8 Å². The van der Waals surface area contributed by atoms with E-state index in [-0.39, 0.29) is 0 Å². The molecule has 1 aliphatic carbocycles. The summed E-state index contributed by atoms with van der Waals surface area (Å²) in [5.41, 5.74) is 2.84. The van der Waals surface area contributed by atoms with Crippen LogP contribution in [0.2, 0.25) is 0 Å². The van der Waals surface area contributed by atoms with Crippen molar-refractivity contribution in [2.24, 2.45) is 0 Å². The summed E-state index contributed by atoms with van der Waals surface area (Å²) in [5.74, 6) is 0. The summed E-state index contributed by atoms with van der Waals surface area (Å²) in [4.78, 5) is 7.51. The van der Waals surface area contributed by atoms with Crippen molar-refractivity contribution < 1.29 is 0 Å². The van der Waals surface area contributed by atoms with Crippen molar-refractivity contribution in [3.8, 4) is 0 Å². The molecule has 0 amide bonds. The van der Waals surface area contributed by atoms with Crippen molar-refractivity contribution in [1.82, 2.24) is 9.80 Å². The van der Waals surface area contributed by atoms with E-state index < -0.39 is 0 Å². The maximum absolute atomic E-state index is 3.61. The normalized spacial score (nSPS) is 20.9. The fraction of sp³-hybridized carbons (Fsp3) is 0.647. The van der Waals surface area contributed by atoms with Gasteiger partial charge >= 0.3 is 0 Å². The summed E-state index contributed by atoms with van der Waals surface area (Å²) < 4.78 is 1.18. The zero-order valence-corrected chi connectivity index (χ0v) is 14.8. The number of piperazine rings is 1. The van der Waals surface area contributed by atoms with Gasteiger partial charge in [-0.05, 0) is 50.7 Å². The molecule has 1 saturated carbocycles. The van der Waals surface area contributed by atoms with Crippen molar-refractivity contribution in [3.05, 3.63) is 28.2 Å². The topological polar surface area (TPSA) is 9.72 Å². The van der Waals surface area contributed by atoms with Crippen LogP contribution in [-0.2, 0) is 6.54 Å². The maximum Gasteiger partial charge on any atom is 0.0413 e. The van der Waals surface area contributed by atoms with E-state index in [2.05, 4.69) is 62.9 Å². The Morgan fingerprint density at radius 3 is 2.43 bits per heavy atom. The first-order valence-corrected chi connectivity index (χ1v) is 8.85. The smallest absolute Gasteiger partial charge is 0.0413 e. The maximum atomic E-state index is 3.61. The molecule has 3 nitrogen and oxygen atoms in total. The predicted molar refractivity (Wildman–Crippen MR) is 93.0 cm³/mol. The minimum atomic E-state index is 0.887. The lowest BCUT2D eigenvalue weighted by Gasteiger charge is -2.44. The van der Waals surface area contributed by atoms with Crippen LogP contribution >= 0.6 is 15.9 Å². The summed E-state index contributed by atoms with van der Waals surface area (Å²) in [6, 6.07) is 7.61. The Kier molecular flexibility index (Phi) is 4.87. The molecule has 0 unspecified atom stereocenters. The Hall–Kier alpha value is -0.580. The number of nitrogens with zero attached hydrogens (tertiary/aromatic N) is 3. The molecule has 4 heteroatoms. The molecule has 1 heterocycles. The highest BCUT2D eigenvalue weighted by Gasteiger charge is 2.28. The van der Waals surface area contributed by atoms with E-state index >= 15 is 0 Å². The molecule has 0 bridgehead atoms. The van der Waals surface area contributed by atoms with Gasteiger partial charge in [0.1, 0.15) is 0 Å². The Balaban J connectivity index is 1.69. The van der Waals surface area contributed by atoms with Crippen LogP contribution in [0, 0.1) is 0 Å². The van der Waals surface area contributed by atoms with E-state index in [0.717, 1.165) is 12.6 Å². The zero-order chi connectivity index (χ0) is 14.8. The van der Waals surface area contributed by atoms with Gasteiger partial charge in [-0.1, -0.05) is 22.4 Å². The van der Waals surface area contributed by atoms with Crippen molar-refractivity contribution in [3.63, 3.8) is 0 Å². The molecule has 1 saturated heterocycles. The van der Waals surface area contributed by atoms with Crippen molar-refractivity contribution in [1.29, 1.82) is 0 Å². The molecule has 21 heavy (non-hydrogen) atoms. The van der Waals surface area contributed by atoms with E-state index in [1.807, 2.05) is 0 Å². The summed E-state index contributed by atoms with van der Waals surface area (Å²) in [6.07, 6.45) is 4.28. The molecule has 0 spiro atoms. The van der Waals surface area contributed by atoms with E-state index in [4.69, 9.17) is 0 Å². The highest BCUT2D eigenvalue weighted by atomic mass is 79.9. The van der Waals surface area contributed by atoms with Gasteiger partial charge in [0.2, 0.25) is 0 Å². The number of halogens is 1. The molecule has 0 aromatic heterocycles. The van der Waals surface area contributed by atoms with Gasteiger partial charge in [0, 0.05) is 48.9 Å². The lowest BCUT2D eigenvalue weighted by atomic mass is 9.91. The van der Waals surface area contributed by atoms with Crippen molar-refractivity contribution in [2.75, 3.05) is 45.2 Å². The molecule has 1 aromatic rings. The van der Waals surface area contributed by atoms with Gasteiger partial charge in [0.05, 0.1) is 0 Å². The average molecular weight is 352 g/mol. The molecule has 1 aliphatic heterocycles. The van der Waals surface area contributed by atoms with Crippen LogP contribution < -0.4 is 4.90 Å². The van der Waals surface area contributed by atoms with Gasteiger partial charge in [-0.2, -0.15) is 0 Å². The molecular weight excluding hydrogens is 326 g/mol. The lowest BCUT2D eigenvalue weighted by Crippen LogP contribution is -2.52. The molecular formula is C17H26BrN3. The highest BCUT2D eigenvalue weighted by molar-refractivity contribution is 9.10. The van der Waals surface area contributed by atoms with Crippen LogP contribution in [0.3, 0.4) is 0 Å². The van der Waals surface area contributed by atoms with Gasteiger partial charge in [0.15, 0.2) is 0 Å². The first-order chi connectivity index (χ1) is 10.1. The van der Waals surface area contributed by atoms with Crippen LogP contribution in [0.5, 0.6) is 0 Å². The minimum Gasteiger partial charge on any atom is -0.369 e. The molecule has 3 rings (SSSR count). The van der Waals surface area contributed by atoms with E-state index in [0.29, 0.717) is 0 Å². The number of hydrogen-bond donors (Lipinski definition) is 0. The van der Waals surface area contributed by atoms with E-state index in [1.165, 1.54) is 61.2 Å². The van der Waals surface area contributed by atoms with Gasteiger partial charge in [0.25, 0.3) is 0 Å². The second-order valence-corrected chi connectivity index (χ2v) is 7.53. The quantitative estimate of drug-likeness (QED) is 0.824. The second-order valence-electron chi connectivity index (χ2n) is 6.62. The number of hydrogen-bond acceptors (Lipinski definition) is 3. The van der Waals surface area contributed by atoms with Crippen LogP contribution in [-0.4, -0.2) is 56.1 Å². The van der Waals surface area contributed by atoms with Crippen LogP contribution in [0.25, 0.3) is 0 Å². The summed E-state index contributed by atoms with van der Waals surface area (Å²) in [7, 11) is 4.28. The molecule has 116 valence electrons. The minimum absolute atomic E-state index is 0.887. The van der Waals surface area contributed by atoms with E-state index in [9.17, 15) is 0 Å². The standard InChI is InChI=1S/C17H26BrN3/c1-19(2)13-14-12-15(18)6-7-17(14)21-10-8-20(9-11-21)16-4-3-5-16/h6-7,12,16H,3-5,8-11,13H2,1-2H3. The van der Waals surface area contributed by atoms with Crippen molar-refractivity contribution >= 4 is 21.6 Å². The molecule has 1 aromatic carbocycles. The third-order valence-corrected chi connectivity index (χ3v) is 5.27. The molecule has 0 radical (unpaired) electrons. The highest BCUT2D eigenvalue weighted by Crippen LogP contribution is 2.29. The molecule has 2 fully saturated rings. The summed E-state index contributed by atoms with van der Waals surface area (Å²) in [6.45, 7) is 5.78. The Bertz CT molecular complexity index is 477. The summed E-state index contributed by atoms with van der Waals surface area (Å²) in [5, 5.41) is 0. The van der Waals surface area contributed by atoms with Gasteiger partial charge in [-0.3, -0.25) is 4.90 Å².